The molecule has 3 aromatic rings. The molecule has 0 aliphatic rings. The van der Waals surface area contributed by atoms with Gasteiger partial charge < -0.3 is 0 Å². The molecule has 0 radical (unpaired) electrons. The molecular formula is C26H21F2NS. The van der Waals surface area contributed by atoms with Crippen molar-refractivity contribution >= 4 is 23.1 Å². The van der Waals surface area contributed by atoms with Gasteiger partial charge in [0.25, 0.3) is 0 Å². The number of nitrogens with zero attached hydrogens (tertiary/aromatic N) is 1. The molecule has 0 fully saturated rings. The predicted molar refractivity (Wildman–Crippen MR) is 122 cm³/mol. The molecule has 3 rings (SSSR count). The van der Waals surface area contributed by atoms with Crippen LogP contribution in [0.3, 0.4) is 0 Å². The third-order valence-electron chi connectivity index (χ3n) is 4.85. The first kappa shape index (κ1) is 21.6. The Morgan fingerprint density at radius 3 is 2.43 bits per heavy atom. The van der Waals surface area contributed by atoms with Crippen LogP contribution in [0, 0.1) is 30.4 Å². The average molecular weight is 418 g/mol. The molecule has 0 saturated carbocycles. The zero-order valence-corrected chi connectivity index (χ0v) is 17.7. The van der Waals surface area contributed by atoms with E-state index in [2.05, 4.69) is 41.1 Å². The van der Waals surface area contributed by atoms with Crippen molar-refractivity contribution in [1.82, 2.24) is 0 Å². The molecule has 0 heterocycles. The number of unbranched alkanes of at least 4 members (excludes halogenated alkanes) is 1. The minimum atomic E-state index is -0.453. The van der Waals surface area contributed by atoms with Crippen molar-refractivity contribution in [3.63, 3.8) is 0 Å². The fraction of sp³-hybridized carbons (Fsp3) is 0.192. The van der Waals surface area contributed by atoms with Crippen LogP contribution in [0.5, 0.6) is 0 Å². The van der Waals surface area contributed by atoms with Crippen molar-refractivity contribution in [3.05, 3.63) is 88.5 Å². The van der Waals surface area contributed by atoms with Gasteiger partial charge in [0.2, 0.25) is 0 Å². The van der Waals surface area contributed by atoms with Crippen LogP contribution >= 0.6 is 12.2 Å². The highest BCUT2D eigenvalue weighted by Crippen LogP contribution is 2.28. The number of aryl methyl sites for hydroxylation is 2. The summed E-state index contributed by atoms with van der Waals surface area (Å²) >= 11 is 4.53. The van der Waals surface area contributed by atoms with Gasteiger partial charge in [0.1, 0.15) is 17.3 Å². The standard InChI is InChI=1S/C26H21F2NS/c1-3-4-5-19-6-9-21(24(27)15-19)10-7-20-8-12-23(18(2)14-20)22-11-13-26(29-17-30)25(28)16-22/h6,8-9,11-16H,3-5H2,1-2H3. The summed E-state index contributed by atoms with van der Waals surface area (Å²) in [6, 6.07) is 15.7. The Labute approximate surface area is 181 Å². The number of isothiocyanates is 1. The Bertz CT molecular complexity index is 1180. The van der Waals surface area contributed by atoms with E-state index >= 15 is 0 Å². The van der Waals surface area contributed by atoms with E-state index in [9.17, 15) is 8.78 Å². The highest BCUT2D eigenvalue weighted by molar-refractivity contribution is 7.78. The maximum Gasteiger partial charge on any atom is 0.150 e. The predicted octanol–water partition coefficient (Wildman–Crippen LogP) is 7.42. The number of aliphatic imine (C=N–C) groups is 1. The van der Waals surface area contributed by atoms with Crippen LogP contribution < -0.4 is 0 Å². The number of thiocarbonyl (C=S) groups is 1. The Kier molecular flexibility index (Phi) is 7.25. The Hall–Kier alpha value is -3.12. The third kappa shape index (κ3) is 5.27. The largest absolute Gasteiger partial charge is 0.206 e. The SMILES string of the molecule is CCCCc1ccc(C#Cc2ccc(-c3ccc(N=C=S)c(F)c3)c(C)c2)c(F)c1. The fourth-order valence-electron chi connectivity index (χ4n) is 3.22. The fourth-order valence-corrected chi connectivity index (χ4v) is 3.31. The molecule has 0 unspecified atom stereocenters. The summed E-state index contributed by atoms with van der Waals surface area (Å²) in [5.41, 5.74) is 4.89. The molecule has 30 heavy (non-hydrogen) atoms. The van der Waals surface area contributed by atoms with E-state index in [1.807, 2.05) is 31.2 Å². The lowest BCUT2D eigenvalue weighted by Gasteiger charge is -2.08. The lowest BCUT2D eigenvalue weighted by atomic mass is 9.98. The maximum atomic E-state index is 14.3. The van der Waals surface area contributed by atoms with E-state index in [0.29, 0.717) is 5.56 Å². The van der Waals surface area contributed by atoms with Crippen molar-refractivity contribution in [2.45, 2.75) is 33.1 Å². The van der Waals surface area contributed by atoms with Crippen molar-refractivity contribution in [1.29, 1.82) is 0 Å². The lowest BCUT2D eigenvalue weighted by Crippen LogP contribution is -1.90. The Morgan fingerprint density at radius 2 is 1.77 bits per heavy atom. The van der Waals surface area contributed by atoms with E-state index in [0.717, 1.165) is 47.1 Å². The minimum Gasteiger partial charge on any atom is -0.206 e. The summed E-state index contributed by atoms with van der Waals surface area (Å²) in [5.74, 6) is 5.19. The van der Waals surface area contributed by atoms with Gasteiger partial charge in [0.05, 0.1) is 10.7 Å². The summed E-state index contributed by atoms with van der Waals surface area (Å²) in [7, 11) is 0. The highest BCUT2D eigenvalue weighted by atomic mass is 32.1. The number of hydrogen-bond donors (Lipinski definition) is 0. The molecule has 0 amide bonds. The number of rotatable bonds is 5. The molecule has 150 valence electrons. The van der Waals surface area contributed by atoms with Crippen LogP contribution in [-0.2, 0) is 6.42 Å². The zero-order valence-electron chi connectivity index (χ0n) is 16.9. The maximum absolute atomic E-state index is 14.3. The summed E-state index contributed by atoms with van der Waals surface area (Å²) in [4.78, 5) is 3.70. The molecule has 0 spiro atoms. The Balaban J connectivity index is 1.83. The van der Waals surface area contributed by atoms with Gasteiger partial charge in [-0.25, -0.2) is 8.78 Å². The molecule has 3 aromatic carbocycles. The third-order valence-corrected chi connectivity index (χ3v) is 4.94. The summed E-state index contributed by atoms with van der Waals surface area (Å²) < 4.78 is 28.5. The van der Waals surface area contributed by atoms with Crippen LogP contribution in [0.25, 0.3) is 11.1 Å². The van der Waals surface area contributed by atoms with Crippen molar-refractivity contribution in [3.8, 4) is 23.0 Å². The molecule has 0 atom stereocenters. The van der Waals surface area contributed by atoms with Crippen LogP contribution in [0.1, 0.15) is 42.0 Å². The van der Waals surface area contributed by atoms with E-state index in [1.54, 1.807) is 24.3 Å². The first-order valence-electron chi connectivity index (χ1n) is 9.80. The summed E-state index contributed by atoms with van der Waals surface area (Å²) in [6.45, 7) is 4.05. The Morgan fingerprint density at radius 1 is 0.933 bits per heavy atom. The molecule has 0 bridgehead atoms. The highest BCUT2D eigenvalue weighted by Gasteiger charge is 2.07. The smallest absolute Gasteiger partial charge is 0.150 e. The topological polar surface area (TPSA) is 12.4 Å². The van der Waals surface area contributed by atoms with E-state index < -0.39 is 5.82 Å². The average Bonchev–Trinajstić information content (AvgIpc) is 2.73. The van der Waals surface area contributed by atoms with Gasteiger partial charge in [-0.3, -0.25) is 0 Å². The minimum absolute atomic E-state index is 0.164. The van der Waals surface area contributed by atoms with Gasteiger partial charge in [-0.2, -0.15) is 4.99 Å². The van der Waals surface area contributed by atoms with Gasteiger partial charge in [-0.05, 0) is 90.6 Å². The van der Waals surface area contributed by atoms with E-state index in [4.69, 9.17) is 0 Å². The number of benzene rings is 3. The molecule has 4 heteroatoms. The molecule has 0 N–H and O–H groups in total. The molecule has 0 aliphatic carbocycles. The second-order valence-corrected chi connectivity index (χ2v) is 7.25. The van der Waals surface area contributed by atoms with Gasteiger partial charge in [-0.15, -0.1) is 0 Å². The van der Waals surface area contributed by atoms with Gasteiger partial charge >= 0.3 is 0 Å². The van der Waals surface area contributed by atoms with Gasteiger partial charge in [-0.1, -0.05) is 43.4 Å². The van der Waals surface area contributed by atoms with Crippen LogP contribution in [0.4, 0.5) is 14.5 Å². The quantitative estimate of drug-likeness (QED) is 0.239. The van der Waals surface area contributed by atoms with E-state index in [1.165, 1.54) is 6.07 Å². The second-order valence-electron chi connectivity index (χ2n) is 7.07. The molecular weight excluding hydrogens is 396 g/mol. The lowest BCUT2D eigenvalue weighted by molar-refractivity contribution is 0.620. The number of halogens is 2. The van der Waals surface area contributed by atoms with Gasteiger partial charge in [0.15, 0.2) is 0 Å². The second kappa shape index (κ2) is 10.1. The number of hydrogen-bond acceptors (Lipinski definition) is 2. The van der Waals surface area contributed by atoms with E-state index in [-0.39, 0.29) is 11.5 Å². The zero-order chi connectivity index (χ0) is 21.5. The first-order valence-corrected chi connectivity index (χ1v) is 10.2. The van der Waals surface area contributed by atoms with Crippen molar-refractivity contribution < 1.29 is 8.78 Å². The summed E-state index contributed by atoms with van der Waals surface area (Å²) in [5, 5.41) is 2.17. The molecule has 0 saturated heterocycles. The normalized spacial score (nSPS) is 10.1. The molecule has 1 nitrogen and oxygen atoms in total. The summed E-state index contributed by atoms with van der Waals surface area (Å²) in [6.07, 6.45) is 3.00. The first-order chi connectivity index (χ1) is 14.5. The van der Waals surface area contributed by atoms with Crippen LogP contribution in [-0.4, -0.2) is 5.16 Å². The van der Waals surface area contributed by atoms with Crippen LogP contribution in [0.15, 0.2) is 59.6 Å². The van der Waals surface area contributed by atoms with Crippen molar-refractivity contribution in [2.75, 3.05) is 0 Å². The monoisotopic (exact) mass is 417 g/mol. The van der Waals surface area contributed by atoms with Crippen LogP contribution in [0.2, 0.25) is 0 Å². The molecule has 0 aliphatic heterocycles. The van der Waals surface area contributed by atoms with Gasteiger partial charge in [0, 0.05) is 5.56 Å². The van der Waals surface area contributed by atoms with Crippen molar-refractivity contribution in [2.24, 2.45) is 4.99 Å². The molecule has 0 aromatic heterocycles.